The zero-order chi connectivity index (χ0) is 19.1. The third kappa shape index (κ3) is 5.56. The molecule has 0 spiro atoms. The first-order chi connectivity index (χ1) is 13.1. The SMILES string of the molecule is Cc1ccccc1COc1ccc(Cl)cc1CNCCc1ccccc1F. The highest BCUT2D eigenvalue weighted by Gasteiger charge is 2.07. The van der Waals surface area contributed by atoms with E-state index < -0.39 is 0 Å². The maximum atomic E-state index is 13.7. The van der Waals surface area contributed by atoms with E-state index in [1.807, 2.05) is 42.5 Å². The van der Waals surface area contributed by atoms with Crippen molar-refractivity contribution in [1.29, 1.82) is 0 Å². The van der Waals surface area contributed by atoms with Crippen LogP contribution in [0.4, 0.5) is 4.39 Å². The van der Waals surface area contributed by atoms with Crippen molar-refractivity contribution in [3.8, 4) is 5.75 Å². The molecule has 2 nitrogen and oxygen atoms in total. The van der Waals surface area contributed by atoms with Crippen molar-refractivity contribution in [3.63, 3.8) is 0 Å². The van der Waals surface area contributed by atoms with Gasteiger partial charge in [-0.05, 0) is 60.8 Å². The van der Waals surface area contributed by atoms with Gasteiger partial charge in [0, 0.05) is 17.1 Å². The molecule has 0 unspecified atom stereocenters. The van der Waals surface area contributed by atoms with E-state index in [1.165, 1.54) is 11.6 Å². The van der Waals surface area contributed by atoms with Gasteiger partial charge in [-0.3, -0.25) is 0 Å². The fraction of sp³-hybridized carbons (Fsp3) is 0.217. The number of benzene rings is 3. The van der Waals surface area contributed by atoms with Gasteiger partial charge in [-0.25, -0.2) is 4.39 Å². The second-order valence-electron chi connectivity index (χ2n) is 6.49. The van der Waals surface area contributed by atoms with Crippen LogP contribution >= 0.6 is 11.6 Å². The minimum Gasteiger partial charge on any atom is -0.489 e. The Kier molecular flexibility index (Phi) is 6.86. The number of halogens is 2. The molecular weight excluding hydrogens is 361 g/mol. The van der Waals surface area contributed by atoms with Crippen LogP contribution in [0.2, 0.25) is 5.02 Å². The van der Waals surface area contributed by atoms with Crippen molar-refractivity contribution >= 4 is 11.6 Å². The minimum absolute atomic E-state index is 0.163. The average Bonchev–Trinajstić information content (AvgIpc) is 2.67. The average molecular weight is 384 g/mol. The summed E-state index contributed by atoms with van der Waals surface area (Å²) in [5, 5.41) is 4.02. The van der Waals surface area contributed by atoms with Crippen molar-refractivity contribution in [3.05, 3.63) is 99.8 Å². The molecule has 27 heavy (non-hydrogen) atoms. The van der Waals surface area contributed by atoms with E-state index in [0.29, 0.717) is 36.7 Å². The molecule has 0 aliphatic carbocycles. The number of hydrogen-bond acceptors (Lipinski definition) is 2. The molecule has 0 saturated carbocycles. The maximum absolute atomic E-state index is 13.7. The van der Waals surface area contributed by atoms with Crippen LogP contribution in [0.3, 0.4) is 0 Å². The molecule has 3 aromatic carbocycles. The molecule has 4 heteroatoms. The highest BCUT2D eigenvalue weighted by atomic mass is 35.5. The highest BCUT2D eigenvalue weighted by Crippen LogP contribution is 2.24. The van der Waals surface area contributed by atoms with E-state index >= 15 is 0 Å². The summed E-state index contributed by atoms with van der Waals surface area (Å²) in [6.07, 6.45) is 0.632. The van der Waals surface area contributed by atoms with Gasteiger partial charge in [0.25, 0.3) is 0 Å². The van der Waals surface area contributed by atoms with Crippen molar-refractivity contribution < 1.29 is 9.13 Å². The smallest absolute Gasteiger partial charge is 0.126 e. The van der Waals surface area contributed by atoms with E-state index in [1.54, 1.807) is 6.07 Å². The molecule has 0 atom stereocenters. The lowest BCUT2D eigenvalue weighted by Crippen LogP contribution is -2.17. The van der Waals surface area contributed by atoms with Crippen LogP contribution in [0, 0.1) is 12.7 Å². The highest BCUT2D eigenvalue weighted by molar-refractivity contribution is 6.30. The summed E-state index contributed by atoms with van der Waals surface area (Å²) in [6.45, 7) is 3.87. The first-order valence-electron chi connectivity index (χ1n) is 9.03. The molecule has 0 aromatic heterocycles. The molecule has 3 aromatic rings. The minimum atomic E-state index is -0.163. The van der Waals surface area contributed by atoms with Crippen molar-refractivity contribution in [2.75, 3.05) is 6.54 Å². The van der Waals surface area contributed by atoms with E-state index in [2.05, 4.69) is 24.4 Å². The van der Waals surface area contributed by atoms with Crippen LogP contribution in [0.1, 0.15) is 22.3 Å². The van der Waals surface area contributed by atoms with E-state index in [9.17, 15) is 4.39 Å². The molecule has 0 amide bonds. The zero-order valence-corrected chi connectivity index (χ0v) is 16.1. The molecule has 0 aliphatic heterocycles. The first-order valence-corrected chi connectivity index (χ1v) is 9.41. The van der Waals surface area contributed by atoms with Gasteiger partial charge in [-0.1, -0.05) is 54.1 Å². The van der Waals surface area contributed by atoms with Crippen molar-refractivity contribution in [1.82, 2.24) is 5.32 Å². The molecule has 0 saturated heterocycles. The van der Waals surface area contributed by atoms with Crippen LogP contribution in [0.15, 0.2) is 66.7 Å². The Balaban J connectivity index is 1.59. The Morgan fingerprint density at radius 2 is 1.67 bits per heavy atom. The van der Waals surface area contributed by atoms with Crippen LogP contribution in [-0.4, -0.2) is 6.54 Å². The maximum Gasteiger partial charge on any atom is 0.126 e. The van der Waals surface area contributed by atoms with Gasteiger partial charge in [-0.2, -0.15) is 0 Å². The summed E-state index contributed by atoms with van der Waals surface area (Å²) in [5.41, 5.74) is 4.07. The number of aryl methyl sites for hydroxylation is 1. The van der Waals surface area contributed by atoms with Gasteiger partial charge in [-0.15, -0.1) is 0 Å². The van der Waals surface area contributed by atoms with E-state index in [0.717, 1.165) is 16.9 Å². The lowest BCUT2D eigenvalue weighted by atomic mass is 10.1. The molecule has 140 valence electrons. The Hall–Kier alpha value is -2.36. The van der Waals surface area contributed by atoms with Gasteiger partial charge in [0.2, 0.25) is 0 Å². The fourth-order valence-electron chi connectivity index (χ4n) is 2.90. The monoisotopic (exact) mass is 383 g/mol. The van der Waals surface area contributed by atoms with Crippen LogP contribution in [0.5, 0.6) is 5.75 Å². The summed E-state index contributed by atoms with van der Waals surface area (Å²) in [5.74, 6) is 0.644. The van der Waals surface area contributed by atoms with E-state index in [4.69, 9.17) is 16.3 Å². The summed E-state index contributed by atoms with van der Waals surface area (Å²) >= 11 is 6.16. The quantitative estimate of drug-likeness (QED) is 0.504. The third-order valence-electron chi connectivity index (χ3n) is 4.51. The summed E-state index contributed by atoms with van der Waals surface area (Å²) in [4.78, 5) is 0. The lowest BCUT2D eigenvalue weighted by molar-refractivity contribution is 0.301. The Bertz CT molecular complexity index is 897. The van der Waals surface area contributed by atoms with Crippen molar-refractivity contribution in [2.45, 2.75) is 26.5 Å². The van der Waals surface area contributed by atoms with E-state index in [-0.39, 0.29) is 5.82 Å². The number of nitrogens with one attached hydrogen (secondary N) is 1. The zero-order valence-electron chi connectivity index (χ0n) is 15.3. The molecule has 0 aliphatic rings. The molecule has 0 fully saturated rings. The third-order valence-corrected chi connectivity index (χ3v) is 4.75. The van der Waals surface area contributed by atoms with Gasteiger partial charge in [0.05, 0.1) is 0 Å². The second kappa shape index (κ2) is 9.54. The Morgan fingerprint density at radius 1 is 0.926 bits per heavy atom. The normalized spacial score (nSPS) is 10.8. The van der Waals surface area contributed by atoms with Gasteiger partial charge >= 0.3 is 0 Å². The predicted molar refractivity (Wildman–Crippen MR) is 109 cm³/mol. The van der Waals surface area contributed by atoms with Gasteiger partial charge in [0.15, 0.2) is 0 Å². The summed E-state index contributed by atoms with van der Waals surface area (Å²) in [7, 11) is 0. The van der Waals surface area contributed by atoms with Crippen LogP contribution < -0.4 is 10.1 Å². The number of hydrogen-bond donors (Lipinski definition) is 1. The molecule has 3 rings (SSSR count). The largest absolute Gasteiger partial charge is 0.489 e. The van der Waals surface area contributed by atoms with Crippen LogP contribution in [-0.2, 0) is 19.6 Å². The standard InChI is InChI=1S/C23H23ClFNO/c1-17-6-2-3-8-19(17)16-27-23-11-10-21(24)14-20(23)15-26-13-12-18-7-4-5-9-22(18)25/h2-11,14,26H,12-13,15-16H2,1H3. The van der Waals surface area contributed by atoms with Gasteiger partial charge in [0.1, 0.15) is 18.2 Å². The molecular formula is C23H23ClFNO. The predicted octanol–water partition coefficient (Wildman–Crippen LogP) is 5.70. The molecule has 0 radical (unpaired) electrons. The fourth-order valence-corrected chi connectivity index (χ4v) is 3.10. The first kappa shape index (κ1) is 19.4. The summed E-state index contributed by atoms with van der Waals surface area (Å²) in [6, 6.07) is 20.7. The molecule has 0 heterocycles. The van der Waals surface area contributed by atoms with Gasteiger partial charge < -0.3 is 10.1 Å². The van der Waals surface area contributed by atoms with Crippen molar-refractivity contribution in [2.24, 2.45) is 0 Å². The number of ether oxygens (including phenoxy) is 1. The Morgan fingerprint density at radius 3 is 2.44 bits per heavy atom. The Labute approximate surface area is 165 Å². The molecule has 1 N–H and O–H groups in total. The summed E-state index contributed by atoms with van der Waals surface area (Å²) < 4.78 is 19.7. The van der Waals surface area contributed by atoms with Crippen LogP contribution in [0.25, 0.3) is 0 Å². The molecule has 0 bridgehead atoms. The second-order valence-corrected chi connectivity index (χ2v) is 6.92. The number of rotatable bonds is 8. The lowest BCUT2D eigenvalue weighted by Gasteiger charge is -2.14. The topological polar surface area (TPSA) is 21.3 Å².